The van der Waals surface area contributed by atoms with E-state index in [4.69, 9.17) is 4.99 Å². The molecule has 0 radical (unpaired) electrons. The highest BCUT2D eigenvalue weighted by Gasteiger charge is 2.27. The van der Waals surface area contributed by atoms with Gasteiger partial charge in [-0.1, -0.05) is 42.7 Å². The van der Waals surface area contributed by atoms with Gasteiger partial charge in [-0.25, -0.2) is 0 Å². The molecule has 1 aromatic carbocycles. The quantitative estimate of drug-likeness (QED) is 0.363. The number of benzene rings is 1. The van der Waals surface area contributed by atoms with Gasteiger partial charge >= 0.3 is 0 Å². The van der Waals surface area contributed by atoms with Crippen LogP contribution in [0, 0.1) is 6.92 Å². The fraction of sp³-hybridized carbons (Fsp3) is 0.682. The molecule has 1 aromatic rings. The number of rotatable bonds is 6. The molecule has 2 fully saturated rings. The molecule has 1 heterocycles. The van der Waals surface area contributed by atoms with Crippen LogP contribution < -0.4 is 10.6 Å². The van der Waals surface area contributed by atoms with E-state index in [-0.39, 0.29) is 24.0 Å². The highest BCUT2D eigenvalue weighted by Crippen LogP contribution is 2.26. The van der Waals surface area contributed by atoms with Crippen LogP contribution in [0.1, 0.15) is 56.6 Å². The lowest BCUT2D eigenvalue weighted by Crippen LogP contribution is -2.50. The molecule has 1 aliphatic carbocycles. The van der Waals surface area contributed by atoms with Crippen LogP contribution in [-0.2, 0) is 6.42 Å². The van der Waals surface area contributed by atoms with Crippen LogP contribution in [-0.4, -0.2) is 49.1 Å². The third-order valence-corrected chi connectivity index (χ3v) is 5.85. The first kappa shape index (κ1) is 22.5. The van der Waals surface area contributed by atoms with Gasteiger partial charge in [0.25, 0.3) is 0 Å². The average Bonchev–Trinajstić information content (AvgIpc) is 3.19. The zero-order valence-electron chi connectivity index (χ0n) is 17.0. The van der Waals surface area contributed by atoms with Crippen molar-refractivity contribution in [2.24, 2.45) is 4.99 Å². The largest absolute Gasteiger partial charge is 0.357 e. The van der Waals surface area contributed by atoms with E-state index < -0.39 is 0 Å². The van der Waals surface area contributed by atoms with E-state index >= 15 is 0 Å². The Morgan fingerprint density at radius 2 is 1.74 bits per heavy atom. The first-order chi connectivity index (χ1) is 12.7. The third-order valence-electron chi connectivity index (χ3n) is 5.85. The van der Waals surface area contributed by atoms with Gasteiger partial charge in [0.05, 0.1) is 0 Å². The number of aliphatic imine (C=N–C) groups is 1. The molecule has 27 heavy (non-hydrogen) atoms. The maximum Gasteiger partial charge on any atom is 0.191 e. The summed E-state index contributed by atoms with van der Waals surface area (Å²) in [7, 11) is 0. The van der Waals surface area contributed by atoms with E-state index in [0.717, 1.165) is 31.5 Å². The summed E-state index contributed by atoms with van der Waals surface area (Å²) in [6, 6.07) is 10.2. The summed E-state index contributed by atoms with van der Waals surface area (Å²) in [6.07, 6.45) is 9.17. The number of hydrogen-bond acceptors (Lipinski definition) is 2. The predicted molar refractivity (Wildman–Crippen MR) is 126 cm³/mol. The number of guanidine groups is 1. The molecular formula is C22H37IN4. The Balaban J connectivity index is 0.00000261. The Labute approximate surface area is 182 Å². The normalized spacial score (nSPS) is 19.7. The molecule has 3 rings (SSSR count). The molecule has 0 atom stereocenters. The zero-order valence-corrected chi connectivity index (χ0v) is 19.4. The maximum absolute atomic E-state index is 4.80. The van der Waals surface area contributed by atoms with Gasteiger partial charge in [0.15, 0.2) is 5.96 Å². The number of piperidine rings is 1. The summed E-state index contributed by atoms with van der Waals surface area (Å²) < 4.78 is 0. The number of likely N-dealkylation sites (tertiary alicyclic amines) is 1. The van der Waals surface area contributed by atoms with Crippen molar-refractivity contribution in [3.05, 3.63) is 35.4 Å². The zero-order chi connectivity index (χ0) is 18.2. The van der Waals surface area contributed by atoms with E-state index in [1.807, 2.05) is 0 Å². The van der Waals surface area contributed by atoms with Crippen LogP contribution in [0.4, 0.5) is 0 Å². The van der Waals surface area contributed by atoms with Crippen LogP contribution >= 0.6 is 24.0 Å². The molecule has 0 unspecified atom stereocenters. The second-order valence-electron chi connectivity index (χ2n) is 7.89. The molecule has 1 aliphatic heterocycles. The summed E-state index contributed by atoms with van der Waals surface area (Å²) in [5, 5.41) is 7.09. The molecule has 0 spiro atoms. The van der Waals surface area contributed by atoms with Crippen molar-refractivity contribution in [2.75, 3.05) is 26.2 Å². The fourth-order valence-electron chi connectivity index (χ4n) is 4.24. The molecule has 1 saturated heterocycles. The van der Waals surface area contributed by atoms with Crippen molar-refractivity contribution in [1.82, 2.24) is 15.5 Å². The highest BCUT2D eigenvalue weighted by atomic mass is 127. The van der Waals surface area contributed by atoms with Gasteiger partial charge in [-0.2, -0.15) is 0 Å². The van der Waals surface area contributed by atoms with Crippen molar-refractivity contribution < 1.29 is 0 Å². The average molecular weight is 484 g/mol. The summed E-state index contributed by atoms with van der Waals surface area (Å²) >= 11 is 0. The highest BCUT2D eigenvalue weighted by molar-refractivity contribution is 14.0. The smallest absolute Gasteiger partial charge is 0.191 e. The molecule has 2 N–H and O–H groups in total. The number of nitrogens with one attached hydrogen (secondary N) is 2. The summed E-state index contributed by atoms with van der Waals surface area (Å²) in [5.74, 6) is 0.985. The Kier molecular flexibility index (Phi) is 9.90. The molecule has 1 saturated carbocycles. The van der Waals surface area contributed by atoms with Crippen molar-refractivity contribution >= 4 is 29.9 Å². The second-order valence-corrected chi connectivity index (χ2v) is 7.89. The molecule has 5 heteroatoms. The number of nitrogens with zero attached hydrogens (tertiary/aromatic N) is 2. The van der Waals surface area contributed by atoms with Crippen LogP contribution in [0.15, 0.2) is 29.3 Å². The van der Waals surface area contributed by atoms with Crippen LogP contribution in [0.25, 0.3) is 0 Å². The summed E-state index contributed by atoms with van der Waals surface area (Å²) in [5.41, 5.74) is 2.68. The predicted octanol–water partition coefficient (Wildman–Crippen LogP) is 4.12. The molecule has 0 amide bonds. The SMILES string of the molecule is CCNC(=NCCc1ccc(C)cc1)NC1CCN(C2CCCC2)CC1.I. The van der Waals surface area contributed by atoms with Crippen molar-refractivity contribution in [3.63, 3.8) is 0 Å². The van der Waals surface area contributed by atoms with Crippen molar-refractivity contribution in [1.29, 1.82) is 0 Å². The maximum atomic E-state index is 4.80. The molecule has 4 nitrogen and oxygen atoms in total. The lowest BCUT2D eigenvalue weighted by molar-refractivity contribution is 0.150. The molecule has 2 aliphatic rings. The van der Waals surface area contributed by atoms with Gasteiger partial charge in [0, 0.05) is 38.3 Å². The van der Waals surface area contributed by atoms with E-state index in [1.54, 1.807) is 0 Å². The van der Waals surface area contributed by atoms with Gasteiger partial charge < -0.3 is 15.5 Å². The molecule has 0 aromatic heterocycles. The Hall–Kier alpha value is -0.820. The minimum atomic E-state index is 0. The number of hydrogen-bond donors (Lipinski definition) is 2. The van der Waals surface area contributed by atoms with E-state index in [1.165, 1.54) is 62.7 Å². The van der Waals surface area contributed by atoms with Crippen molar-refractivity contribution in [3.8, 4) is 0 Å². The number of halogens is 1. The van der Waals surface area contributed by atoms with Gasteiger partial charge in [-0.15, -0.1) is 24.0 Å². The van der Waals surface area contributed by atoms with Crippen LogP contribution in [0.5, 0.6) is 0 Å². The first-order valence-electron chi connectivity index (χ1n) is 10.6. The van der Waals surface area contributed by atoms with Gasteiger partial charge in [-0.05, 0) is 51.5 Å². The lowest BCUT2D eigenvalue weighted by atomic mass is 10.0. The van der Waals surface area contributed by atoms with Gasteiger partial charge in [0.2, 0.25) is 0 Å². The summed E-state index contributed by atoms with van der Waals surface area (Å²) in [6.45, 7) is 8.50. The first-order valence-corrected chi connectivity index (χ1v) is 10.6. The van der Waals surface area contributed by atoms with E-state index in [0.29, 0.717) is 6.04 Å². The van der Waals surface area contributed by atoms with Crippen LogP contribution in [0.3, 0.4) is 0 Å². The Morgan fingerprint density at radius 3 is 2.37 bits per heavy atom. The monoisotopic (exact) mass is 484 g/mol. The van der Waals surface area contributed by atoms with Crippen molar-refractivity contribution in [2.45, 2.75) is 70.9 Å². The van der Waals surface area contributed by atoms with Gasteiger partial charge in [-0.3, -0.25) is 4.99 Å². The molecule has 152 valence electrons. The second kappa shape index (κ2) is 11.9. The minimum absolute atomic E-state index is 0. The Morgan fingerprint density at radius 1 is 1.07 bits per heavy atom. The summed E-state index contributed by atoms with van der Waals surface area (Å²) in [4.78, 5) is 7.53. The topological polar surface area (TPSA) is 39.7 Å². The Bertz CT molecular complexity index is 558. The number of aryl methyl sites for hydroxylation is 1. The fourth-order valence-corrected chi connectivity index (χ4v) is 4.24. The molecular weight excluding hydrogens is 447 g/mol. The van der Waals surface area contributed by atoms with Crippen LogP contribution in [0.2, 0.25) is 0 Å². The standard InChI is InChI=1S/C22H36N4.HI/c1-3-23-22(24-15-12-19-10-8-18(2)9-11-19)25-20-13-16-26(17-14-20)21-6-4-5-7-21;/h8-11,20-21H,3-7,12-17H2,1-2H3,(H2,23,24,25);1H. The van der Waals surface area contributed by atoms with E-state index in [2.05, 4.69) is 53.6 Å². The molecule has 0 bridgehead atoms. The third kappa shape index (κ3) is 7.26. The minimum Gasteiger partial charge on any atom is -0.357 e. The lowest BCUT2D eigenvalue weighted by Gasteiger charge is -2.36. The van der Waals surface area contributed by atoms with Gasteiger partial charge in [0.1, 0.15) is 0 Å². The van der Waals surface area contributed by atoms with E-state index in [9.17, 15) is 0 Å².